The second-order valence-electron chi connectivity index (χ2n) is 9.04. The maximum absolute atomic E-state index is 14.4. The Labute approximate surface area is 220 Å². The molecule has 0 aliphatic carbocycles. The van der Waals surface area contributed by atoms with E-state index in [1.807, 2.05) is 30.3 Å². The number of halogens is 3. The number of fused-ring (bicyclic) bond motifs is 1. The van der Waals surface area contributed by atoms with Gasteiger partial charge in [-0.3, -0.25) is 4.79 Å². The number of rotatable bonds is 6. The van der Waals surface area contributed by atoms with Crippen LogP contribution in [0.15, 0.2) is 73.2 Å². The summed E-state index contributed by atoms with van der Waals surface area (Å²) in [6.45, 7) is -0.675. The van der Waals surface area contributed by atoms with Crippen molar-refractivity contribution in [3.63, 3.8) is 0 Å². The zero-order valence-corrected chi connectivity index (χ0v) is 20.6. The zero-order valence-electron chi connectivity index (χ0n) is 20.6. The number of nitrogens with one attached hydrogen (secondary N) is 2. The van der Waals surface area contributed by atoms with Gasteiger partial charge in [0.25, 0.3) is 5.91 Å². The van der Waals surface area contributed by atoms with E-state index in [0.29, 0.717) is 59.0 Å². The average Bonchev–Trinajstić information content (AvgIpc) is 3.63. The van der Waals surface area contributed by atoms with Crippen LogP contribution in [0.5, 0.6) is 0 Å². The monoisotopic (exact) mass is 532 g/mol. The molecule has 0 saturated carbocycles. The second-order valence-corrected chi connectivity index (χ2v) is 9.04. The highest BCUT2D eigenvalue weighted by atomic mass is 19.3. The molecule has 2 aromatic carbocycles. The van der Waals surface area contributed by atoms with E-state index in [1.165, 1.54) is 12.1 Å². The largest absolute Gasteiger partial charge is 0.368 e. The Morgan fingerprint density at radius 3 is 2.54 bits per heavy atom. The lowest BCUT2D eigenvalue weighted by molar-refractivity contribution is 0.0550. The van der Waals surface area contributed by atoms with Crippen LogP contribution in [0.3, 0.4) is 0 Å². The van der Waals surface area contributed by atoms with E-state index >= 15 is 0 Å². The molecule has 1 aliphatic heterocycles. The molecule has 4 heterocycles. The molecule has 6 rings (SSSR count). The Balaban J connectivity index is 1.09. The van der Waals surface area contributed by atoms with E-state index in [0.717, 1.165) is 17.6 Å². The van der Waals surface area contributed by atoms with Crippen LogP contribution in [0.1, 0.15) is 17.0 Å². The fourth-order valence-corrected chi connectivity index (χ4v) is 4.69. The van der Waals surface area contributed by atoms with Gasteiger partial charge >= 0.3 is 6.55 Å². The van der Waals surface area contributed by atoms with Crippen molar-refractivity contribution < 1.29 is 18.0 Å². The molecule has 5 aromatic rings. The second kappa shape index (κ2) is 10.1. The number of aromatic amines is 1. The first kappa shape index (κ1) is 24.5. The first-order chi connectivity index (χ1) is 19.0. The number of piperazine rings is 1. The van der Waals surface area contributed by atoms with Gasteiger partial charge in [-0.15, -0.1) is 0 Å². The molecule has 2 N–H and O–H groups in total. The number of H-pyrrole nitrogens is 1. The van der Waals surface area contributed by atoms with E-state index in [2.05, 4.69) is 30.3 Å². The molecule has 12 heteroatoms. The van der Waals surface area contributed by atoms with Crippen LogP contribution in [0.25, 0.3) is 22.2 Å². The maximum atomic E-state index is 14.4. The van der Waals surface area contributed by atoms with Gasteiger partial charge in [-0.2, -0.15) is 13.9 Å². The number of carbonyl (C=O) groups excluding carboxylic acids is 1. The smallest absolute Gasteiger partial charge is 0.333 e. The standard InChI is InChI=1S/C27H23F3N8O/c28-20-2-1-3-22-24(20)19(16-32-22)21-8-10-31-27(34-21)33-17-4-6-18(7-5-17)36-12-14-37(15-13-36)25(39)23-9-11-38(35-23)26(29)30/h1-11,16,26,32H,12-15H2,(H,31,33,34). The van der Waals surface area contributed by atoms with Gasteiger partial charge in [0.05, 0.1) is 5.69 Å². The van der Waals surface area contributed by atoms with Crippen molar-refractivity contribution in [3.05, 3.63) is 84.7 Å². The summed E-state index contributed by atoms with van der Waals surface area (Å²) in [5, 5.41) is 7.34. The van der Waals surface area contributed by atoms with Gasteiger partial charge in [0.1, 0.15) is 5.82 Å². The summed E-state index contributed by atoms with van der Waals surface area (Å²) in [6.07, 6.45) is 4.46. The third-order valence-corrected chi connectivity index (χ3v) is 6.67. The highest BCUT2D eigenvalue weighted by Gasteiger charge is 2.24. The molecule has 3 aromatic heterocycles. The van der Waals surface area contributed by atoms with Crippen LogP contribution in [0.2, 0.25) is 0 Å². The fraction of sp³-hybridized carbons (Fsp3) is 0.185. The molecule has 39 heavy (non-hydrogen) atoms. The third kappa shape index (κ3) is 4.88. The molecule has 0 atom stereocenters. The van der Waals surface area contributed by atoms with Crippen LogP contribution in [0.4, 0.5) is 30.5 Å². The molecule has 9 nitrogen and oxygen atoms in total. The van der Waals surface area contributed by atoms with Crippen molar-refractivity contribution in [2.75, 3.05) is 36.4 Å². The molecule has 1 aliphatic rings. The van der Waals surface area contributed by atoms with E-state index in [-0.39, 0.29) is 17.4 Å². The van der Waals surface area contributed by atoms with Crippen LogP contribution in [0, 0.1) is 5.82 Å². The first-order valence-electron chi connectivity index (χ1n) is 12.3. The van der Waals surface area contributed by atoms with Gasteiger partial charge < -0.3 is 20.1 Å². The molecule has 0 bridgehead atoms. The minimum Gasteiger partial charge on any atom is -0.368 e. The number of carbonyl (C=O) groups is 1. The van der Waals surface area contributed by atoms with Crippen molar-refractivity contribution >= 4 is 34.1 Å². The molecule has 0 radical (unpaired) electrons. The summed E-state index contributed by atoms with van der Waals surface area (Å²) in [4.78, 5) is 28.3. The Morgan fingerprint density at radius 2 is 1.79 bits per heavy atom. The van der Waals surface area contributed by atoms with Gasteiger partial charge in [0.2, 0.25) is 5.95 Å². The summed E-state index contributed by atoms with van der Waals surface area (Å²) in [5.41, 5.74) is 3.72. The molecular weight excluding hydrogens is 509 g/mol. The molecule has 1 fully saturated rings. The average molecular weight is 533 g/mol. The molecule has 1 amide bonds. The minimum absolute atomic E-state index is 0.0142. The van der Waals surface area contributed by atoms with E-state index in [4.69, 9.17) is 0 Å². The van der Waals surface area contributed by atoms with Gasteiger partial charge in [-0.25, -0.2) is 19.0 Å². The van der Waals surface area contributed by atoms with Gasteiger partial charge in [0, 0.05) is 72.6 Å². The molecule has 198 valence electrons. The quantitative estimate of drug-likeness (QED) is 0.318. The number of anilines is 3. The number of alkyl halides is 2. The van der Waals surface area contributed by atoms with E-state index < -0.39 is 6.55 Å². The van der Waals surface area contributed by atoms with Crippen molar-refractivity contribution in [3.8, 4) is 11.3 Å². The molecule has 0 spiro atoms. The van der Waals surface area contributed by atoms with Crippen LogP contribution in [-0.4, -0.2) is 61.7 Å². The van der Waals surface area contributed by atoms with Crippen LogP contribution in [-0.2, 0) is 0 Å². The maximum Gasteiger partial charge on any atom is 0.333 e. The van der Waals surface area contributed by atoms with Crippen LogP contribution < -0.4 is 10.2 Å². The summed E-state index contributed by atoms with van der Waals surface area (Å²) in [7, 11) is 0. The Morgan fingerprint density at radius 1 is 1.00 bits per heavy atom. The van der Waals surface area contributed by atoms with E-state index in [1.54, 1.807) is 29.4 Å². The lowest BCUT2D eigenvalue weighted by atomic mass is 10.1. The number of aromatic nitrogens is 5. The third-order valence-electron chi connectivity index (χ3n) is 6.67. The molecule has 1 saturated heterocycles. The predicted molar refractivity (Wildman–Crippen MR) is 141 cm³/mol. The number of hydrogen-bond donors (Lipinski definition) is 2. The Hall–Kier alpha value is -4.87. The molecule has 0 unspecified atom stereocenters. The van der Waals surface area contributed by atoms with Gasteiger partial charge in [-0.1, -0.05) is 6.07 Å². The van der Waals surface area contributed by atoms with E-state index in [9.17, 15) is 18.0 Å². The van der Waals surface area contributed by atoms with Crippen molar-refractivity contribution in [1.82, 2.24) is 29.6 Å². The normalized spacial score (nSPS) is 13.8. The summed E-state index contributed by atoms with van der Waals surface area (Å²) in [5.74, 6) is -0.293. The highest BCUT2D eigenvalue weighted by molar-refractivity contribution is 5.95. The first-order valence-corrected chi connectivity index (χ1v) is 12.3. The SMILES string of the molecule is O=C(c1ccn(C(F)F)n1)N1CCN(c2ccc(Nc3nccc(-c4c[nH]c5cccc(F)c45)n3)cc2)CC1. The highest BCUT2D eigenvalue weighted by Crippen LogP contribution is 2.30. The van der Waals surface area contributed by atoms with Gasteiger partial charge in [-0.05, 0) is 48.5 Å². The number of benzene rings is 2. The number of amides is 1. The Kier molecular flexibility index (Phi) is 6.35. The van der Waals surface area contributed by atoms with Crippen molar-refractivity contribution in [1.29, 1.82) is 0 Å². The fourth-order valence-electron chi connectivity index (χ4n) is 4.69. The van der Waals surface area contributed by atoms with Crippen LogP contribution >= 0.6 is 0 Å². The van der Waals surface area contributed by atoms with Gasteiger partial charge in [0.15, 0.2) is 5.69 Å². The number of hydrogen-bond acceptors (Lipinski definition) is 6. The minimum atomic E-state index is -2.78. The lowest BCUT2D eigenvalue weighted by Crippen LogP contribution is -2.48. The topological polar surface area (TPSA) is 95.0 Å². The predicted octanol–water partition coefficient (Wildman–Crippen LogP) is 5.06. The lowest BCUT2D eigenvalue weighted by Gasteiger charge is -2.35. The summed E-state index contributed by atoms with van der Waals surface area (Å²) >= 11 is 0. The molecular formula is C27H23F3N8O. The Bertz CT molecular complexity index is 1620. The van der Waals surface area contributed by atoms with Crippen molar-refractivity contribution in [2.24, 2.45) is 0 Å². The summed E-state index contributed by atoms with van der Waals surface area (Å²) < 4.78 is 40.4. The zero-order chi connectivity index (χ0) is 26.9. The summed E-state index contributed by atoms with van der Waals surface area (Å²) in [6, 6.07) is 15.7. The number of nitrogens with zero attached hydrogens (tertiary/aromatic N) is 6. The van der Waals surface area contributed by atoms with Crippen molar-refractivity contribution in [2.45, 2.75) is 6.55 Å².